The van der Waals surface area contributed by atoms with Gasteiger partial charge in [-0.3, -0.25) is 19.3 Å². The van der Waals surface area contributed by atoms with Crippen molar-refractivity contribution < 1.29 is 13.2 Å². The van der Waals surface area contributed by atoms with E-state index >= 15 is 0 Å². The van der Waals surface area contributed by atoms with Crippen molar-refractivity contribution in [3.05, 3.63) is 56.9 Å². The number of hydrogen-bond acceptors (Lipinski definition) is 5. The van der Waals surface area contributed by atoms with Crippen LogP contribution in [0.3, 0.4) is 0 Å². The molecule has 1 aromatic heterocycles. The van der Waals surface area contributed by atoms with E-state index in [9.17, 15) is 22.8 Å². The van der Waals surface area contributed by atoms with E-state index in [-0.39, 0.29) is 11.3 Å². The molecule has 9 nitrogen and oxygen atoms in total. The molecule has 0 bridgehead atoms. The van der Waals surface area contributed by atoms with E-state index < -0.39 is 32.1 Å². The molecule has 0 spiro atoms. The third-order valence-electron chi connectivity index (χ3n) is 2.51. The number of nitrogens with two attached hydrogens (primary N) is 1. The summed E-state index contributed by atoms with van der Waals surface area (Å²) < 4.78 is 26.3. The van der Waals surface area contributed by atoms with Gasteiger partial charge in [-0.15, -0.1) is 0 Å². The van der Waals surface area contributed by atoms with Gasteiger partial charge in [0.2, 0.25) is 0 Å². The van der Waals surface area contributed by atoms with Crippen LogP contribution in [0.2, 0.25) is 0 Å². The lowest BCUT2D eigenvalue weighted by atomic mass is 10.2. The van der Waals surface area contributed by atoms with Gasteiger partial charge in [0.05, 0.1) is 11.3 Å². The second-order valence-electron chi connectivity index (χ2n) is 3.95. The van der Waals surface area contributed by atoms with E-state index in [1.165, 1.54) is 24.3 Å². The third kappa shape index (κ3) is 3.00. The molecule has 0 saturated carbocycles. The number of aromatic amines is 2. The largest absolute Gasteiger partial charge is 0.366 e. The quantitative estimate of drug-likeness (QED) is 0.568. The summed E-state index contributed by atoms with van der Waals surface area (Å²) in [4.78, 5) is 36.8. The van der Waals surface area contributed by atoms with E-state index in [1.807, 2.05) is 4.98 Å². The van der Waals surface area contributed by atoms with Crippen molar-refractivity contribution in [1.29, 1.82) is 0 Å². The molecule has 0 radical (unpaired) electrons. The summed E-state index contributed by atoms with van der Waals surface area (Å²) in [5.41, 5.74) is 3.09. The predicted octanol–water partition coefficient (Wildman–Crippen LogP) is -1.04. The van der Waals surface area contributed by atoms with Crippen molar-refractivity contribution in [2.75, 3.05) is 4.72 Å². The average molecular weight is 310 g/mol. The second-order valence-corrected chi connectivity index (χ2v) is 5.60. The van der Waals surface area contributed by atoms with Crippen LogP contribution in [-0.2, 0) is 10.0 Å². The molecule has 0 aliphatic carbocycles. The summed E-state index contributed by atoms with van der Waals surface area (Å²) in [6, 6.07) is 5.64. The maximum atomic E-state index is 12.1. The first-order valence-electron chi connectivity index (χ1n) is 5.55. The molecular formula is C11H10N4O5S. The topological polar surface area (TPSA) is 155 Å². The molecule has 1 heterocycles. The third-order valence-corrected chi connectivity index (χ3v) is 3.88. The summed E-state index contributed by atoms with van der Waals surface area (Å²) in [5, 5.41) is 0. The molecule has 0 fully saturated rings. The first-order valence-corrected chi connectivity index (χ1v) is 7.03. The van der Waals surface area contributed by atoms with Gasteiger partial charge >= 0.3 is 5.69 Å². The Labute approximate surface area is 117 Å². The maximum Gasteiger partial charge on any atom is 0.325 e. The van der Waals surface area contributed by atoms with Crippen LogP contribution in [0.25, 0.3) is 0 Å². The van der Waals surface area contributed by atoms with Crippen molar-refractivity contribution in [3.8, 4) is 0 Å². The van der Waals surface area contributed by atoms with Crippen molar-refractivity contribution in [3.63, 3.8) is 0 Å². The Morgan fingerprint density at radius 2 is 1.86 bits per heavy atom. The number of para-hydroxylation sites is 1. The summed E-state index contributed by atoms with van der Waals surface area (Å²) in [6.07, 6.45) is 0.760. The number of carbonyl (C=O) groups excluding carboxylic acids is 1. The van der Waals surface area contributed by atoms with E-state index in [4.69, 9.17) is 5.73 Å². The van der Waals surface area contributed by atoms with Crippen LogP contribution < -0.4 is 21.7 Å². The Morgan fingerprint density at radius 1 is 1.19 bits per heavy atom. The number of carbonyl (C=O) groups is 1. The van der Waals surface area contributed by atoms with E-state index in [0.717, 1.165) is 6.20 Å². The zero-order chi connectivity index (χ0) is 15.6. The van der Waals surface area contributed by atoms with Gasteiger partial charge in [-0.1, -0.05) is 12.1 Å². The Morgan fingerprint density at radius 3 is 2.48 bits per heavy atom. The maximum absolute atomic E-state index is 12.1. The molecule has 0 atom stereocenters. The number of benzene rings is 1. The van der Waals surface area contributed by atoms with Crippen LogP contribution >= 0.6 is 0 Å². The number of hydrogen-bond donors (Lipinski definition) is 4. The molecule has 0 saturated heterocycles. The number of nitrogens with one attached hydrogen (secondary N) is 3. The SMILES string of the molecule is NC(=O)c1ccccc1NS(=O)(=O)c1c[nH]c(=O)[nH]c1=O. The van der Waals surface area contributed by atoms with Crippen LogP contribution in [0.4, 0.5) is 5.69 Å². The Kier molecular flexibility index (Phi) is 3.63. The second kappa shape index (κ2) is 5.25. The highest BCUT2D eigenvalue weighted by Gasteiger charge is 2.21. The van der Waals surface area contributed by atoms with Gasteiger partial charge in [-0.05, 0) is 12.1 Å². The van der Waals surface area contributed by atoms with Crippen molar-refractivity contribution in [1.82, 2.24) is 9.97 Å². The van der Waals surface area contributed by atoms with Crippen molar-refractivity contribution in [2.24, 2.45) is 5.73 Å². The van der Waals surface area contributed by atoms with Gasteiger partial charge in [0, 0.05) is 6.20 Å². The molecule has 2 rings (SSSR count). The minimum atomic E-state index is -4.29. The Bertz CT molecular complexity index is 912. The molecule has 0 aliphatic rings. The average Bonchev–Trinajstić information content (AvgIpc) is 2.37. The van der Waals surface area contributed by atoms with E-state index in [2.05, 4.69) is 4.72 Å². The smallest absolute Gasteiger partial charge is 0.325 e. The van der Waals surface area contributed by atoms with E-state index in [0.29, 0.717) is 0 Å². The van der Waals surface area contributed by atoms with Crippen LogP contribution in [0.15, 0.2) is 44.9 Å². The first-order chi connectivity index (χ1) is 9.81. The lowest BCUT2D eigenvalue weighted by Gasteiger charge is -2.09. The summed E-state index contributed by atoms with van der Waals surface area (Å²) in [5.74, 6) is -0.830. The summed E-state index contributed by atoms with van der Waals surface area (Å²) in [7, 11) is -4.29. The fraction of sp³-hybridized carbons (Fsp3) is 0. The molecule has 2 aromatic rings. The van der Waals surface area contributed by atoms with Gasteiger partial charge in [-0.25, -0.2) is 13.2 Å². The highest BCUT2D eigenvalue weighted by molar-refractivity contribution is 7.92. The lowest BCUT2D eigenvalue weighted by molar-refractivity contribution is 0.100. The highest BCUT2D eigenvalue weighted by Crippen LogP contribution is 2.17. The van der Waals surface area contributed by atoms with Crippen LogP contribution in [0.5, 0.6) is 0 Å². The fourth-order valence-electron chi connectivity index (χ4n) is 1.58. The molecule has 110 valence electrons. The number of rotatable bonds is 4. The minimum absolute atomic E-state index is 0.0538. The molecule has 1 aromatic carbocycles. The number of anilines is 1. The fourth-order valence-corrected chi connectivity index (χ4v) is 2.67. The van der Waals surface area contributed by atoms with Crippen molar-refractivity contribution in [2.45, 2.75) is 4.90 Å². The molecular weight excluding hydrogens is 300 g/mol. The van der Waals surface area contributed by atoms with Gasteiger partial charge in [0.15, 0.2) is 4.90 Å². The van der Waals surface area contributed by atoms with Gasteiger partial charge in [-0.2, -0.15) is 0 Å². The predicted molar refractivity (Wildman–Crippen MR) is 73.5 cm³/mol. The normalized spacial score (nSPS) is 11.0. The van der Waals surface area contributed by atoms with Crippen LogP contribution in [0.1, 0.15) is 10.4 Å². The number of amides is 1. The standard InChI is InChI=1S/C11H10N4O5S/c12-9(16)6-3-1-2-4-7(6)15-21(19,20)8-5-13-11(18)14-10(8)17/h1-5,15H,(H2,12,16)(H2,13,14,17,18). The monoisotopic (exact) mass is 310 g/mol. The number of aromatic nitrogens is 2. The molecule has 5 N–H and O–H groups in total. The number of H-pyrrole nitrogens is 2. The molecule has 0 aliphatic heterocycles. The van der Waals surface area contributed by atoms with Gasteiger partial charge in [0.25, 0.3) is 21.5 Å². The van der Waals surface area contributed by atoms with Crippen LogP contribution in [0, 0.1) is 0 Å². The van der Waals surface area contributed by atoms with E-state index in [1.54, 1.807) is 4.98 Å². The summed E-state index contributed by atoms with van der Waals surface area (Å²) in [6.45, 7) is 0. The molecule has 1 amide bonds. The Hall–Kier alpha value is -2.88. The lowest BCUT2D eigenvalue weighted by Crippen LogP contribution is -2.29. The Balaban J connectivity index is 2.50. The van der Waals surface area contributed by atoms with Gasteiger partial charge < -0.3 is 10.7 Å². The van der Waals surface area contributed by atoms with Crippen LogP contribution in [-0.4, -0.2) is 24.3 Å². The summed E-state index contributed by atoms with van der Waals surface area (Å²) >= 11 is 0. The molecule has 0 unspecified atom stereocenters. The zero-order valence-corrected chi connectivity index (χ0v) is 11.2. The molecule has 10 heteroatoms. The first kappa shape index (κ1) is 14.5. The number of sulfonamides is 1. The minimum Gasteiger partial charge on any atom is -0.366 e. The molecule has 21 heavy (non-hydrogen) atoms. The zero-order valence-electron chi connectivity index (χ0n) is 10.4. The highest BCUT2D eigenvalue weighted by atomic mass is 32.2. The van der Waals surface area contributed by atoms with Gasteiger partial charge in [0.1, 0.15) is 0 Å². The van der Waals surface area contributed by atoms with Crippen molar-refractivity contribution >= 4 is 21.6 Å². The number of primary amides is 1.